The molecule has 4 heteroatoms. The van der Waals surface area contributed by atoms with Crippen LogP contribution in [-0.4, -0.2) is 41.6 Å². The summed E-state index contributed by atoms with van der Waals surface area (Å²) in [6.45, 7) is 9.66. The second-order valence-corrected chi connectivity index (χ2v) is 5.28. The lowest BCUT2D eigenvalue weighted by molar-refractivity contribution is 0.158. The van der Waals surface area contributed by atoms with Crippen molar-refractivity contribution in [2.45, 2.75) is 26.3 Å². The van der Waals surface area contributed by atoms with Crippen LogP contribution in [0.4, 0.5) is 5.82 Å². The number of anilines is 1. The number of aromatic nitrogens is 1. The smallest absolute Gasteiger partial charge is 0.128 e. The van der Waals surface area contributed by atoms with Gasteiger partial charge >= 0.3 is 0 Å². The maximum Gasteiger partial charge on any atom is 0.128 e. The quantitative estimate of drug-likeness (QED) is 0.796. The molecule has 1 aromatic rings. The highest BCUT2D eigenvalue weighted by atomic mass is 15.3. The molecule has 1 fully saturated rings. The van der Waals surface area contributed by atoms with Gasteiger partial charge < -0.3 is 4.90 Å². The molecular formula is C14H20N4. The van der Waals surface area contributed by atoms with Crippen LogP contribution in [0.5, 0.6) is 0 Å². The third kappa shape index (κ3) is 2.62. The first-order valence-corrected chi connectivity index (χ1v) is 6.38. The van der Waals surface area contributed by atoms with E-state index in [2.05, 4.69) is 26.9 Å². The first-order chi connectivity index (χ1) is 8.53. The molecule has 0 bridgehead atoms. The Morgan fingerprint density at radius 2 is 1.89 bits per heavy atom. The lowest BCUT2D eigenvalue weighted by Gasteiger charge is -2.40. The van der Waals surface area contributed by atoms with Crippen molar-refractivity contribution in [3.63, 3.8) is 0 Å². The highest BCUT2D eigenvalue weighted by Gasteiger charge is 2.29. The lowest BCUT2D eigenvalue weighted by atomic mass is 10.0. The SMILES string of the molecule is Cc1cccc(N2CCN(C(C)(C)C#N)CC2)n1. The molecule has 1 aliphatic heterocycles. The summed E-state index contributed by atoms with van der Waals surface area (Å²) in [5.74, 6) is 1.05. The Hall–Kier alpha value is -1.60. The molecule has 0 atom stereocenters. The Labute approximate surface area is 109 Å². The van der Waals surface area contributed by atoms with E-state index < -0.39 is 0 Å². The summed E-state index contributed by atoms with van der Waals surface area (Å²) in [5, 5.41) is 9.15. The van der Waals surface area contributed by atoms with Crippen molar-refractivity contribution in [2.75, 3.05) is 31.1 Å². The number of hydrogen-bond donors (Lipinski definition) is 0. The lowest BCUT2D eigenvalue weighted by Crippen LogP contribution is -2.54. The molecule has 0 radical (unpaired) electrons. The fraction of sp³-hybridized carbons (Fsp3) is 0.571. The van der Waals surface area contributed by atoms with Crippen LogP contribution in [0.3, 0.4) is 0 Å². The number of pyridine rings is 1. The number of piperazine rings is 1. The average Bonchev–Trinajstić information content (AvgIpc) is 2.39. The van der Waals surface area contributed by atoms with Gasteiger partial charge in [-0.3, -0.25) is 4.90 Å². The van der Waals surface area contributed by atoms with E-state index in [0.29, 0.717) is 0 Å². The second kappa shape index (κ2) is 4.95. The fourth-order valence-corrected chi connectivity index (χ4v) is 2.27. The van der Waals surface area contributed by atoms with Gasteiger partial charge in [-0.25, -0.2) is 4.98 Å². The summed E-state index contributed by atoms with van der Waals surface area (Å²) in [6.07, 6.45) is 0. The Kier molecular flexibility index (Phi) is 3.53. The zero-order chi connectivity index (χ0) is 13.2. The molecule has 0 N–H and O–H groups in total. The van der Waals surface area contributed by atoms with E-state index in [4.69, 9.17) is 5.26 Å². The number of rotatable bonds is 2. The van der Waals surface area contributed by atoms with Gasteiger partial charge in [0, 0.05) is 31.9 Å². The van der Waals surface area contributed by atoms with E-state index in [1.54, 1.807) is 0 Å². The van der Waals surface area contributed by atoms with Crippen molar-refractivity contribution in [1.82, 2.24) is 9.88 Å². The van der Waals surface area contributed by atoms with Crippen molar-refractivity contribution >= 4 is 5.82 Å². The third-order valence-electron chi connectivity index (χ3n) is 3.54. The first-order valence-electron chi connectivity index (χ1n) is 6.38. The van der Waals surface area contributed by atoms with Gasteiger partial charge in [-0.1, -0.05) is 6.07 Å². The fourth-order valence-electron chi connectivity index (χ4n) is 2.27. The number of aryl methyl sites for hydroxylation is 1. The van der Waals surface area contributed by atoms with Crippen molar-refractivity contribution in [2.24, 2.45) is 0 Å². The molecule has 0 aromatic carbocycles. The minimum atomic E-state index is -0.369. The van der Waals surface area contributed by atoms with Crippen LogP contribution in [0.25, 0.3) is 0 Å². The third-order valence-corrected chi connectivity index (χ3v) is 3.54. The van der Waals surface area contributed by atoms with Crippen LogP contribution in [0.2, 0.25) is 0 Å². The molecule has 4 nitrogen and oxygen atoms in total. The molecule has 0 spiro atoms. The summed E-state index contributed by atoms with van der Waals surface area (Å²) < 4.78 is 0. The normalized spacial score (nSPS) is 17.6. The minimum Gasteiger partial charge on any atom is -0.354 e. The largest absolute Gasteiger partial charge is 0.354 e. The standard InChI is InChI=1S/C14H20N4/c1-12-5-4-6-13(16-12)17-7-9-18(10-8-17)14(2,3)11-15/h4-6H,7-10H2,1-3H3. The predicted octanol–water partition coefficient (Wildman–Crippen LogP) is 1.81. The molecule has 2 heterocycles. The molecule has 96 valence electrons. The molecule has 2 rings (SSSR count). The van der Waals surface area contributed by atoms with Crippen LogP contribution in [-0.2, 0) is 0 Å². The van der Waals surface area contributed by atoms with Gasteiger partial charge in [0.25, 0.3) is 0 Å². The van der Waals surface area contributed by atoms with Crippen LogP contribution in [0.1, 0.15) is 19.5 Å². The molecule has 0 aliphatic carbocycles. The molecule has 1 saturated heterocycles. The van der Waals surface area contributed by atoms with Gasteiger partial charge in [-0.15, -0.1) is 0 Å². The summed E-state index contributed by atoms with van der Waals surface area (Å²) in [7, 11) is 0. The van der Waals surface area contributed by atoms with Gasteiger partial charge in [0.2, 0.25) is 0 Å². The van der Waals surface area contributed by atoms with Crippen molar-refractivity contribution in [3.8, 4) is 6.07 Å². The Morgan fingerprint density at radius 1 is 1.22 bits per heavy atom. The average molecular weight is 244 g/mol. The monoisotopic (exact) mass is 244 g/mol. The molecule has 0 unspecified atom stereocenters. The first kappa shape index (κ1) is 12.8. The van der Waals surface area contributed by atoms with Crippen LogP contribution in [0, 0.1) is 18.3 Å². The zero-order valence-corrected chi connectivity index (χ0v) is 11.3. The molecule has 0 amide bonds. The predicted molar refractivity (Wildman–Crippen MR) is 72.5 cm³/mol. The van der Waals surface area contributed by atoms with E-state index >= 15 is 0 Å². The van der Waals surface area contributed by atoms with E-state index in [9.17, 15) is 0 Å². The van der Waals surface area contributed by atoms with Crippen molar-refractivity contribution < 1.29 is 0 Å². The van der Waals surface area contributed by atoms with Crippen molar-refractivity contribution in [3.05, 3.63) is 23.9 Å². The van der Waals surface area contributed by atoms with Gasteiger partial charge in [-0.2, -0.15) is 5.26 Å². The molecular weight excluding hydrogens is 224 g/mol. The van der Waals surface area contributed by atoms with Crippen LogP contribution < -0.4 is 4.90 Å². The van der Waals surface area contributed by atoms with Gasteiger partial charge in [-0.05, 0) is 32.9 Å². The summed E-state index contributed by atoms with van der Waals surface area (Å²) in [6, 6.07) is 8.48. The van der Waals surface area contributed by atoms with E-state index in [1.807, 2.05) is 32.9 Å². The Bertz CT molecular complexity index is 453. The summed E-state index contributed by atoms with van der Waals surface area (Å²) in [4.78, 5) is 9.07. The zero-order valence-electron chi connectivity index (χ0n) is 11.3. The second-order valence-electron chi connectivity index (χ2n) is 5.28. The maximum atomic E-state index is 9.15. The molecule has 1 aliphatic rings. The van der Waals surface area contributed by atoms with Crippen LogP contribution in [0.15, 0.2) is 18.2 Å². The molecule has 18 heavy (non-hydrogen) atoms. The number of nitrogens with zero attached hydrogens (tertiary/aromatic N) is 4. The van der Waals surface area contributed by atoms with E-state index in [1.165, 1.54) is 0 Å². The Morgan fingerprint density at radius 3 is 2.44 bits per heavy atom. The number of nitriles is 1. The minimum absolute atomic E-state index is 0.369. The van der Waals surface area contributed by atoms with Gasteiger partial charge in [0.1, 0.15) is 11.4 Å². The maximum absolute atomic E-state index is 9.15. The Balaban J connectivity index is 2.01. The van der Waals surface area contributed by atoms with Gasteiger partial charge in [0.15, 0.2) is 0 Å². The highest BCUT2D eigenvalue weighted by molar-refractivity contribution is 5.39. The topological polar surface area (TPSA) is 43.2 Å². The molecule has 0 saturated carbocycles. The van der Waals surface area contributed by atoms with E-state index in [-0.39, 0.29) is 5.54 Å². The number of hydrogen-bond acceptors (Lipinski definition) is 4. The van der Waals surface area contributed by atoms with E-state index in [0.717, 1.165) is 37.7 Å². The van der Waals surface area contributed by atoms with Gasteiger partial charge in [0.05, 0.1) is 6.07 Å². The summed E-state index contributed by atoms with van der Waals surface area (Å²) >= 11 is 0. The highest BCUT2D eigenvalue weighted by Crippen LogP contribution is 2.19. The van der Waals surface area contributed by atoms with Crippen LogP contribution >= 0.6 is 0 Å². The summed E-state index contributed by atoms with van der Waals surface area (Å²) in [5.41, 5.74) is 0.679. The van der Waals surface area contributed by atoms with Crippen molar-refractivity contribution in [1.29, 1.82) is 5.26 Å². The molecule has 1 aromatic heterocycles.